The first-order chi connectivity index (χ1) is 8.52. The lowest BCUT2D eigenvalue weighted by molar-refractivity contribution is -0.117. The van der Waals surface area contributed by atoms with Crippen molar-refractivity contribution in [2.75, 3.05) is 17.3 Å². The number of hydrogen-bond donors (Lipinski definition) is 1. The summed E-state index contributed by atoms with van der Waals surface area (Å²) in [7, 11) is 0. The Morgan fingerprint density at radius 1 is 1.56 bits per heavy atom. The highest BCUT2D eigenvalue weighted by Gasteiger charge is 2.30. The molecule has 4 nitrogen and oxygen atoms in total. The van der Waals surface area contributed by atoms with Crippen molar-refractivity contribution in [3.05, 3.63) is 29.3 Å². The number of carbonyl (C=O) groups excluding carboxylic acids is 1. The highest BCUT2D eigenvalue weighted by atomic mass is 35.5. The fraction of sp³-hybridized carbons (Fsp3) is 0.385. The zero-order valence-corrected chi connectivity index (χ0v) is 10.8. The molecule has 5 heteroatoms. The van der Waals surface area contributed by atoms with Crippen molar-refractivity contribution in [2.45, 2.75) is 13.3 Å². The van der Waals surface area contributed by atoms with Crippen molar-refractivity contribution >= 4 is 29.2 Å². The van der Waals surface area contributed by atoms with Crippen molar-refractivity contribution in [1.82, 2.24) is 0 Å². The first-order valence-corrected chi connectivity index (χ1v) is 6.26. The molecule has 1 fully saturated rings. The lowest BCUT2D eigenvalue weighted by atomic mass is 10.1. The standard InChI is InChI=1S/C13H14ClNO3/c1-8-4-10(13(17)18)2-3-11(8)15-7-9(6-14)5-12(15)16/h2-4,9H,5-7H2,1H3,(H,17,18). The maximum Gasteiger partial charge on any atom is 0.335 e. The molecule has 1 aromatic rings. The molecule has 1 heterocycles. The van der Waals surface area contributed by atoms with Crippen LogP contribution in [-0.2, 0) is 4.79 Å². The average molecular weight is 268 g/mol. The second-order valence-corrected chi connectivity index (χ2v) is 4.84. The summed E-state index contributed by atoms with van der Waals surface area (Å²) in [4.78, 5) is 24.4. The SMILES string of the molecule is Cc1cc(C(=O)O)ccc1N1CC(CCl)CC1=O. The molecule has 1 unspecified atom stereocenters. The number of carbonyl (C=O) groups is 2. The van der Waals surface area contributed by atoms with Gasteiger partial charge in [0.05, 0.1) is 5.56 Å². The van der Waals surface area contributed by atoms with Gasteiger partial charge in [-0.25, -0.2) is 4.79 Å². The number of hydrogen-bond acceptors (Lipinski definition) is 2. The van der Waals surface area contributed by atoms with E-state index in [9.17, 15) is 9.59 Å². The van der Waals surface area contributed by atoms with Crippen LogP contribution in [0.15, 0.2) is 18.2 Å². The van der Waals surface area contributed by atoms with E-state index in [1.165, 1.54) is 6.07 Å². The number of anilines is 1. The Bertz CT molecular complexity index is 501. The Balaban J connectivity index is 2.29. The third kappa shape index (κ3) is 2.34. The fourth-order valence-corrected chi connectivity index (χ4v) is 2.42. The van der Waals surface area contributed by atoms with Gasteiger partial charge in [-0.1, -0.05) is 0 Å². The van der Waals surface area contributed by atoms with E-state index in [0.717, 1.165) is 11.3 Å². The predicted octanol–water partition coefficient (Wildman–Crippen LogP) is 2.28. The van der Waals surface area contributed by atoms with Crippen molar-refractivity contribution in [3.63, 3.8) is 0 Å². The molecule has 1 aliphatic heterocycles. The molecule has 0 bridgehead atoms. The second kappa shape index (κ2) is 4.98. The number of carboxylic acid groups (broad SMARTS) is 1. The number of nitrogens with zero attached hydrogens (tertiary/aromatic N) is 1. The summed E-state index contributed by atoms with van der Waals surface area (Å²) in [5, 5.41) is 8.90. The summed E-state index contributed by atoms with van der Waals surface area (Å²) in [5.41, 5.74) is 1.80. The molecule has 1 aromatic carbocycles. The van der Waals surface area contributed by atoms with E-state index >= 15 is 0 Å². The number of halogens is 1. The van der Waals surface area contributed by atoms with E-state index in [2.05, 4.69) is 0 Å². The third-order valence-corrected chi connectivity index (χ3v) is 3.59. The minimum Gasteiger partial charge on any atom is -0.478 e. The van der Waals surface area contributed by atoms with Crippen LogP contribution in [0.2, 0.25) is 0 Å². The van der Waals surface area contributed by atoms with Gasteiger partial charge in [0.2, 0.25) is 5.91 Å². The zero-order valence-electron chi connectivity index (χ0n) is 10.0. The summed E-state index contributed by atoms with van der Waals surface area (Å²) in [6, 6.07) is 4.79. The molecule has 1 N–H and O–H groups in total. The van der Waals surface area contributed by atoms with Crippen molar-refractivity contribution < 1.29 is 14.7 Å². The van der Waals surface area contributed by atoms with E-state index in [-0.39, 0.29) is 17.4 Å². The molecule has 0 radical (unpaired) electrons. The zero-order chi connectivity index (χ0) is 13.3. The molecule has 1 saturated heterocycles. The lowest BCUT2D eigenvalue weighted by Crippen LogP contribution is -2.25. The highest BCUT2D eigenvalue weighted by Crippen LogP contribution is 2.28. The number of alkyl halides is 1. The van der Waals surface area contributed by atoms with Crippen LogP contribution in [0.4, 0.5) is 5.69 Å². The van der Waals surface area contributed by atoms with Crippen LogP contribution in [0, 0.1) is 12.8 Å². The number of benzene rings is 1. The van der Waals surface area contributed by atoms with Gasteiger partial charge in [-0.05, 0) is 36.6 Å². The number of carboxylic acids is 1. The normalized spacial score (nSPS) is 19.3. The number of rotatable bonds is 3. The molecule has 1 amide bonds. The maximum atomic E-state index is 11.9. The Morgan fingerprint density at radius 2 is 2.28 bits per heavy atom. The summed E-state index contributed by atoms with van der Waals surface area (Å²) in [5.74, 6) is -0.269. The quantitative estimate of drug-likeness (QED) is 0.855. The lowest BCUT2D eigenvalue weighted by Gasteiger charge is -2.19. The van der Waals surface area contributed by atoms with E-state index in [1.807, 2.05) is 6.92 Å². The van der Waals surface area contributed by atoms with Gasteiger partial charge in [0.1, 0.15) is 0 Å². The number of aromatic carboxylic acids is 1. The average Bonchev–Trinajstić information content (AvgIpc) is 2.70. The minimum absolute atomic E-state index is 0.0480. The van der Waals surface area contributed by atoms with Gasteiger partial charge in [-0.2, -0.15) is 0 Å². The molecule has 0 spiro atoms. The van der Waals surface area contributed by atoms with Crippen molar-refractivity contribution in [3.8, 4) is 0 Å². The Morgan fingerprint density at radius 3 is 2.78 bits per heavy atom. The Labute approximate surface area is 110 Å². The minimum atomic E-state index is -0.962. The van der Waals surface area contributed by atoms with Gasteiger partial charge in [-0.3, -0.25) is 4.79 Å². The van der Waals surface area contributed by atoms with Crippen LogP contribution < -0.4 is 4.90 Å². The van der Waals surface area contributed by atoms with Crippen LogP contribution >= 0.6 is 11.6 Å². The molecule has 0 saturated carbocycles. The van der Waals surface area contributed by atoms with Crippen LogP contribution in [0.3, 0.4) is 0 Å². The summed E-state index contributed by atoms with van der Waals surface area (Å²) >= 11 is 5.78. The van der Waals surface area contributed by atoms with E-state index in [4.69, 9.17) is 16.7 Å². The first kappa shape index (κ1) is 12.9. The monoisotopic (exact) mass is 267 g/mol. The van der Waals surface area contributed by atoms with Gasteiger partial charge in [0.25, 0.3) is 0 Å². The van der Waals surface area contributed by atoms with Gasteiger partial charge in [0.15, 0.2) is 0 Å². The van der Waals surface area contributed by atoms with Crippen molar-refractivity contribution in [1.29, 1.82) is 0 Å². The smallest absolute Gasteiger partial charge is 0.335 e. The Kier molecular flexibility index (Phi) is 3.57. The molecule has 0 aliphatic carbocycles. The van der Waals surface area contributed by atoms with E-state index in [1.54, 1.807) is 17.0 Å². The Hall–Kier alpha value is -1.55. The largest absolute Gasteiger partial charge is 0.478 e. The molecular formula is C13H14ClNO3. The van der Waals surface area contributed by atoms with E-state index in [0.29, 0.717) is 18.8 Å². The van der Waals surface area contributed by atoms with Crippen LogP contribution in [0.1, 0.15) is 22.3 Å². The van der Waals surface area contributed by atoms with Gasteiger partial charge in [-0.15, -0.1) is 11.6 Å². The molecule has 18 heavy (non-hydrogen) atoms. The number of aryl methyl sites for hydroxylation is 1. The van der Waals surface area contributed by atoms with Crippen LogP contribution in [-0.4, -0.2) is 29.4 Å². The highest BCUT2D eigenvalue weighted by molar-refractivity contribution is 6.18. The summed E-state index contributed by atoms with van der Waals surface area (Å²) in [6.07, 6.45) is 0.462. The summed E-state index contributed by atoms with van der Waals surface area (Å²) < 4.78 is 0. The predicted molar refractivity (Wildman–Crippen MR) is 69.3 cm³/mol. The maximum absolute atomic E-state index is 11.9. The second-order valence-electron chi connectivity index (χ2n) is 4.54. The molecule has 0 aromatic heterocycles. The molecule has 1 aliphatic rings. The third-order valence-electron chi connectivity index (χ3n) is 3.16. The molecule has 1 atom stereocenters. The first-order valence-electron chi connectivity index (χ1n) is 5.73. The summed E-state index contributed by atoms with van der Waals surface area (Å²) in [6.45, 7) is 2.42. The van der Waals surface area contributed by atoms with Crippen LogP contribution in [0.25, 0.3) is 0 Å². The van der Waals surface area contributed by atoms with Gasteiger partial charge in [0, 0.05) is 24.5 Å². The van der Waals surface area contributed by atoms with E-state index < -0.39 is 5.97 Å². The topological polar surface area (TPSA) is 57.6 Å². The van der Waals surface area contributed by atoms with Crippen LogP contribution in [0.5, 0.6) is 0 Å². The van der Waals surface area contributed by atoms with Crippen molar-refractivity contribution in [2.24, 2.45) is 5.92 Å². The molecule has 2 rings (SSSR count). The molecule has 96 valence electrons. The number of amides is 1. The van der Waals surface area contributed by atoms with Gasteiger partial charge >= 0.3 is 5.97 Å². The molecular weight excluding hydrogens is 254 g/mol. The van der Waals surface area contributed by atoms with Gasteiger partial charge < -0.3 is 10.0 Å². The fourth-order valence-electron chi connectivity index (χ4n) is 2.21.